The Kier molecular flexibility index (Phi) is 4.53. The molecule has 0 saturated heterocycles. The van der Waals surface area contributed by atoms with Gasteiger partial charge in [-0.3, -0.25) is 0 Å². The fraction of sp³-hybridized carbons (Fsp3) is 0.100. The van der Waals surface area contributed by atoms with Crippen molar-refractivity contribution in [3.05, 3.63) is 42.0 Å². The smallest absolute Gasteiger partial charge is 0.331 e. The van der Waals surface area contributed by atoms with Crippen LogP contribution in [0.2, 0.25) is 0 Å². The van der Waals surface area contributed by atoms with Gasteiger partial charge in [-0.05, 0) is 34.2 Å². The summed E-state index contributed by atoms with van der Waals surface area (Å²) in [5.41, 5.74) is 0.993. The van der Waals surface area contributed by atoms with E-state index in [0.717, 1.165) is 5.56 Å². The first kappa shape index (κ1) is 10.2. The molecule has 0 N–H and O–H groups in total. The first-order valence-electron chi connectivity index (χ1n) is 3.79. The third-order valence-electron chi connectivity index (χ3n) is 1.41. The first-order chi connectivity index (χ1) is 6.33. The Bertz CT molecular complexity index is 293. The van der Waals surface area contributed by atoms with Gasteiger partial charge in [0.1, 0.15) is 4.61 Å². The van der Waals surface area contributed by atoms with E-state index in [1.165, 1.54) is 6.08 Å². The van der Waals surface area contributed by atoms with Crippen LogP contribution in [0.1, 0.15) is 5.56 Å². The molecular formula is C10H9IO2. The van der Waals surface area contributed by atoms with Crippen molar-refractivity contribution in [2.75, 3.05) is 4.61 Å². The topological polar surface area (TPSA) is 26.3 Å². The molecule has 0 saturated carbocycles. The van der Waals surface area contributed by atoms with Crippen LogP contribution in [-0.2, 0) is 9.53 Å². The number of esters is 1. The summed E-state index contributed by atoms with van der Waals surface area (Å²) in [4.78, 5) is 10.9. The molecule has 0 fully saturated rings. The van der Waals surface area contributed by atoms with E-state index in [9.17, 15) is 4.79 Å². The van der Waals surface area contributed by atoms with Gasteiger partial charge in [-0.2, -0.15) is 0 Å². The molecule has 0 heterocycles. The largest absolute Gasteiger partial charge is 0.452 e. The van der Waals surface area contributed by atoms with Crippen LogP contribution in [0.5, 0.6) is 0 Å². The van der Waals surface area contributed by atoms with Crippen molar-refractivity contribution < 1.29 is 9.53 Å². The van der Waals surface area contributed by atoms with Crippen LogP contribution < -0.4 is 0 Å². The maximum absolute atomic E-state index is 10.9. The second kappa shape index (κ2) is 5.75. The summed E-state index contributed by atoms with van der Waals surface area (Å²) < 4.78 is 5.11. The molecule has 13 heavy (non-hydrogen) atoms. The van der Waals surface area contributed by atoms with Crippen molar-refractivity contribution in [2.45, 2.75) is 0 Å². The summed E-state index contributed by atoms with van der Waals surface area (Å²) in [6.07, 6.45) is 3.16. The van der Waals surface area contributed by atoms with E-state index in [-0.39, 0.29) is 5.97 Å². The van der Waals surface area contributed by atoms with E-state index in [1.54, 1.807) is 6.08 Å². The lowest BCUT2D eigenvalue weighted by Gasteiger charge is -1.93. The second-order valence-electron chi connectivity index (χ2n) is 2.32. The average Bonchev–Trinajstić information content (AvgIpc) is 2.17. The van der Waals surface area contributed by atoms with Crippen molar-refractivity contribution in [3.8, 4) is 0 Å². The number of rotatable bonds is 3. The van der Waals surface area contributed by atoms with Gasteiger partial charge in [0.25, 0.3) is 0 Å². The lowest BCUT2D eigenvalue weighted by atomic mass is 10.2. The van der Waals surface area contributed by atoms with E-state index in [1.807, 2.05) is 52.9 Å². The second-order valence-corrected chi connectivity index (χ2v) is 2.94. The summed E-state index contributed by atoms with van der Waals surface area (Å²) in [5.74, 6) is -0.307. The van der Waals surface area contributed by atoms with Gasteiger partial charge in [-0.1, -0.05) is 30.3 Å². The first-order valence-corrected chi connectivity index (χ1v) is 5.31. The highest BCUT2D eigenvalue weighted by molar-refractivity contribution is 14.1. The Morgan fingerprint density at radius 1 is 1.38 bits per heavy atom. The number of carbonyl (C=O) groups is 1. The van der Waals surface area contributed by atoms with Gasteiger partial charge in [0.15, 0.2) is 0 Å². The van der Waals surface area contributed by atoms with E-state index in [0.29, 0.717) is 4.61 Å². The lowest BCUT2D eigenvalue weighted by molar-refractivity contribution is -0.135. The summed E-state index contributed by atoms with van der Waals surface area (Å²) in [6.45, 7) is 0. The van der Waals surface area contributed by atoms with Gasteiger partial charge in [-0.15, -0.1) is 0 Å². The number of halogens is 1. The van der Waals surface area contributed by atoms with E-state index >= 15 is 0 Å². The summed E-state index contributed by atoms with van der Waals surface area (Å²) in [5, 5.41) is 0. The fourth-order valence-electron chi connectivity index (χ4n) is 0.830. The van der Waals surface area contributed by atoms with Gasteiger partial charge in [0.05, 0.1) is 0 Å². The summed E-state index contributed by atoms with van der Waals surface area (Å²) in [7, 11) is 0. The molecule has 0 aromatic heterocycles. The monoisotopic (exact) mass is 288 g/mol. The highest BCUT2D eigenvalue weighted by Crippen LogP contribution is 2.01. The summed E-state index contributed by atoms with van der Waals surface area (Å²) >= 11 is 1.98. The molecule has 0 aliphatic rings. The van der Waals surface area contributed by atoms with Crippen LogP contribution in [-0.4, -0.2) is 10.6 Å². The zero-order valence-corrected chi connectivity index (χ0v) is 9.10. The Morgan fingerprint density at radius 3 is 2.69 bits per heavy atom. The molecule has 68 valence electrons. The van der Waals surface area contributed by atoms with Gasteiger partial charge >= 0.3 is 5.97 Å². The zero-order chi connectivity index (χ0) is 9.52. The normalized spacial score (nSPS) is 10.2. The number of benzene rings is 1. The minimum absolute atomic E-state index is 0.307. The quantitative estimate of drug-likeness (QED) is 0.370. The van der Waals surface area contributed by atoms with E-state index < -0.39 is 0 Å². The van der Waals surface area contributed by atoms with Crippen LogP contribution in [0.3, 0.4) is 0 Å². The molecular weight excluding hydrogens is 279 g/mol. The van der Waals surface area contributed by atoms with E-state index in [4.69, 9.17) is 4.74 Å². The predicted octanol–water partition coefficient (Wildman–Crippen LogP) is 2.64. The Balaban J connectivity index is 2.54. The average molecular weight is 288 g/mol. The summed E-state index contributed by atoms with van der Waals surface area (Å²) in [6, 6.07) is 9.62. The Morgan fingerprint density at radius 2 is 2.08 bits per heavy atom. The SMILES string of the molecule is O=C(C=Cc1ccccc1)OCI. The fourth-order valence-corrected chi connectivity index (χ4v) is 1.14. The number of alkyl halides is 1. The number of carbonyl (C=O) groups excluding carboxylic acids is 1. The zero-order valence-electron chi connectivity index (χ0n) is 6.94. The molecule has 2 nitrogen and oxygen atoms in total. The van der Waals surface area contributed by atoms with Gasteiger partial charge < -0.3 is 4.74 Å². The molecule has 3 heteroatoms. The van der Waals surface area contributed by atoms with Crippen molar-refractivity contribution in [2.24, 2.45) is 0 Å². The number of hydrogen-bond acceptors (Lipinski definition) is 2. The maximum Gasteiger partial charge on any atom is 0.331 e. The number of hydrogen-bond donors (Lipinski definition) is 0. The van der Waals surface area contributed by atoms with Gasteiger partial charge in [0, 0.05) is 6.08 Å². The van der Waals surface area contributed by atoms with Crippen LogP contribution in [0.4, 0.5) is 0 Å². The van der Waals surface area contributed by atoms with E-state index in [2.05, 4.69) is 0 Å². The minimum Gasteiger partial charge on any atom is -0.452 e. The Labute approximate surface area is 90.7 Å². The van der Waals surface area contributed by atoms with Crippen molar-refractivity contribution in [1.82, 2.24) is 0 Å². The highest BCUT2D eigenvalue weighted by Gasteiger charge is 1.92. The van der Waals surface area contributed by atoms with Crippen LogP contribution >= 0.6 is 22.6 Å². The molecule has 0 unspecified atom stereocenters. The molecule has 1 aromatic rings. The molecule has 0 bridgehead atoms. The standard InChI is InChI=1S/C10H9IO2/c11-8-13-10(12)7-6-9-4-2-1-3-5-9/h1-7H,8H2. The van der Waals surface area contributed by atoms with Crippen molar-refractivity contribution >= 4 is 34.6 Å². The predicted molar refractivity (Wildman–Crippen MR) is 60.5 cm³/mol. The molecule has 1 aromatic carbocycles. The highest BCUT2D eigenvalue weighted by atomic mass is 127. The molecule has 0 aliphatic carbocycles. The van der Waals surface area contributed by atoms with Crippen LogP contribution in [0, 0.1) is 0 Å². The Hall–Kier alpha value is -0.840. The number of ether oxygens (including phenoxy) is 1. The van der Waals surface area contributed by atoms with Crippen molar-refractivity contribution in [1.29, 1.82) is 0 Å². The molecule has 0 spiro atoms. The van der Waals surface area contributed by atoms with Crippen LogP contribution in [0.25, 0.3) is 6.08 Å². The molecule has 0 amide bonds. The molecule has 0 atom stereocenters. The lowest BCUT2D eigenvalue weighted by Crippen LogP contribution is -1.96. The molecule has 0 aliphatic heterocycles. The van der Waals surface area contributed by atoms with Crippen LogP contribution in [0.15, 0.2) is 36.4 Å². The van der Waals surface area contributed by atoms with Gasteiger partial charge in [0.2, 0.25) is 0 Å². The third kappa shape index (κ3) is 4.07. The molecule has 1 rings (SSSR count). The third-order valence-corrected chi connectivity index (χ3v) is 1.72. The van der Waals surface area contributed by atoms with Crippen molar-refractivity contribution in [3.63, 3.8) is 0 Å². The maximum atomic E-state index is 10.9. The minimum atomic E-state index is -0.307. The van der Waals surface area contributed by atoms with Gasteiger partial charge in [-0.25, -0.2) is 4.79 Å². The molecule has 0 radical (unpaired) electrons.